The van der Waals surface area contributed by atoms with Crippen molar-refractivity contribution in [1.82, 2.24) is 2.89 Å². The molecule has 0 amide bonds. The van der Waals surface area contributed by atoms with Crippen molar-refractivity contribution < 1.29 is 0 Å². The summed E-state index contributed by atoms with van der Waals surface area (Å²) >= 11 is -1.36. The van der Waals surface area contributed by atoms with Crippen LogP contribution in [0.15, 0.2) is 17.3 Å². The molecule has 2 nitrogen and oxygen atoms in total. The van der Waals surface area contributed by atoms with Gasteiger partial charge in [-0.25, -0.2) is 0 Å². The number of nitrogens with zero attached hydrogens (tertiary/aromatic N) is 2. The second-order valence-corrected chi connectivity index (χ2v) is 13.6. The molecule has 80 valence electrons. The van der Waals surface area contributed by atoms with Gasteiger partial charge in [-0.3, -0.25) is 0 Å². The maximum atomic E-state index is 4.17. The van der Waals surface area contributed by atoms with Crippen LogP contribution in [-0.4, -0.2) is 43.9 Å². The van der Waals surface area contributed by atoms with Crippen molar-refractivity contribution in [3.05, 3.63) is 12.3 Å². The minimum absolute atomic E-state index is 0.880. The fourth-order valence-electron chi connectivity index (χ4n) is 1.56. The van der Waals surface area contributed by atoms with Gasteiger partial charge in [0.2, 0.25) is 0 Å². The molecule has 0 unspecified atom stereocenters. The molecule has 0 saturated carbocycles. The topological polar surface area (TPSA) is 15.6 Å². The summed E-state index contributed by atoms with van der Waals surface area (Å²) in [6.07, 6.45) is 6.24. The second-order valence-electron chi connectivity index (χ2n) is 3.29. The molecule has 0 radical (unpaired) electrons. The van der Waals surface area contributed by atoms with Crippen LogP contribution in [0.25, 0.3) is 0 Å². The Hall–Kier alpha value is 0.0801. The molecule has 0 aromatic rings. The van der Waals surface area contributed by atoms with E-state index in [0.29, 0.717) is 0 Å². The van der Waals surface area contributed by atoms with Crippen LogP contribution in [0.1, 0.15) is 27.7 Å². The van der Waals surface area contributed by atoms with E-state index in [1.165, 1.54) is 14.9 Å². The number of hydrogen-bond donors (Lipinski definition) is 0. The average molecular weight is 298 g/mol. The van der Waals surface area contributed by atoms with E-state index in [1.807, 2.05) is 6.21 Å². The van der Waals surface area contributed by atoms with Gasteiger partial charge in [-0.05, 0) is 0 Å². The summed E-state index contributed by atoms with van der Waals surface area (Å²) < 4.78 is 5.42. The van der Waals surface area contributed by atoms with Crippen molar-refractivity contribution in [2.24, 2.45) is 4.99 Å². The van der Waals surface area contributed by atoms with E-state index < -0.39 is 21.7 Å². The van der Waals surface area contributed by atoms with E-state index in [2.05, 4.69) is 47.9 Å². The third-order valence-electron chi connectivity index (χ3n) is 2.43. The van der Waals surface area contributed by atoms with Gasteiger partial charge in [-0.2, -0.15) is 0 Å². The molecule has 0 bridgehead atoms. The Bertz CT molecular complexity index is 174. The normalized spacial score (nSPS) is 11.4. The van der Waals surface area contributed by atoms with Crippen molar-refractivity contribution in [1.29, 1.82) is 0 Å². The summed E-state index contributed by atoms with van der Waals surface area (Å²) in [6, 6.07) is 0. The van der Waals surface area contributed by atoms with Crippen molar-refractivity contribution in [2.45, 2.75) is 36.0 Å². The number of aliphatic imine (C=N–C) groups is 1. The maximum absolute atomic E-state index is 4.17. The summed E-state index contributed by atoms with van der Waals surface area (Å²) in [7, 11) is 0. The first-order chi connectivity index (χ1) is 6.79. The van der Waals surface area contributed by atoms with Gasteiger partial charge in [-0.1, -0.05) is 0 Å². The average Bonchev–Trinajstić information content (AvgIpc) is 2.23. The van der Waals surface area contributed by atoms with Crippen LogP contribution in [0.3, 0.4) is 0 Å². The third kappa shape index (κ3) is 5.74. The molecule has 0 spiro atoms. The second kappa shape index (κ2) is 9.63. The summed E-state index contributed by atoms with van der Waals surface area (Å²) in [5.74, 6) is 0. The zero-order valence-electron chi connectivity index (χ0n) is 10.0. The molecule has 14 heavy (non-hydrogen) atoms. The molecule has 0 atom stereocenters. The Labute approximate surface area is 97.0 Å². The Morgan fingerprint density at radius 3 is 2.21 bits per heavy atom. The van der Waals surface area contributed by atoms with Crippen LogP contribution in [0.4, 0.5) is 0 Å². The van der Waals surface area contributed by atoms with Gasteiger partial charge in [0.15, 0.2) is 0 Å². The molecule has 0 aliphatic carbocycles. The Morgan fingerprint density at radius 1 is 1.14 bits per heavy atom. The molecule has 0 saturated heterocycles. The number of rotatable bonds is 7. The van der Waals surface area contributed by atoms with Gasteiger partial charge >= 0.3 is 97.2 Å². The van der Waals surface area contributed by atoms with Gasteiger partial charge in [0.1, 0.15) is 0 Å². The van der Waals surface area contributed by atoms with E-state index >= 15 is 0 Å². The van der Waals surface area contributed by atoms with Crippen LogP contribution < -0.4 is 0 Å². The minimum atomic E-state index is -1.36. The van der Waals surface area contributed by atoms with E-state index in [0.717, 1.165) is 6.54 Å². The molecular weight excluding hydrogens is 275 g/mol. The van der Waals surface area contributed by atoms with E-state index in [9.17, 15) is 0 Å². The fourth-order valence-corrected chi connectivity index (χ4v) is 8.34. The zero-order valence-corrected chi connectivity index (χ0v) is 13.3. The SMILES string of the molecule is CCN=C/C=C\[N](CC)[In]([CH2]C)[CH2]C. The Morgan fingerprint density at radius 2 is 1.79 bits per heavy atom. The van der Waals surface area contributed by atoms with Gasteiger partial charge in [-0.15, -0.1) is 0 Å². The van der Waals surface area contributed by atoms with Crippen molar-refractivity contribution >= 4 is 27.9 Å². The van der Waals surface area contributed by atoms with Crippen molar-refractivity contribution in [2.75, 3.05) is 13.1 Å². The monoisotopic (exact) mass is 298 g/mol. The molecule has 0 aromatic heterocycles. The fraction of sp³-hybridized carbons (Fsp3) is 0.727. The van der Waals surface area contributed by atoms with Crippen molar-refractivity contribution in [3.8, 4) is 0 Å². The molecule has 0 aliphatic rings. The van der Waals surface area contributed by atoms with Crippen LogP contribution in [0.2, 0.25) is 8.35 Å². The molecule has 0 aliphatic heterocycles. The van der Waals surface area contributed by atoms with E-state index in [-0.39, 0.29) is 0 Å². The Balaban J connectivity index is 4.12. The molecular formula is C11H23InN2. The van der Waals surface area contributed by atoms with E-state index in [4.69, 9.17) is 0 Å². The van der Waals surface area contributed by atoms with Crippen molar-refractivity contribution in [3.63, 3.8) is 0 Å². The summed E-state index contributed by atoms with van der Waals surface area (Å²) in [5, 5.41) is 0. The van der Waals surface area contributed by atoms with E-state index in [1.54, 1.807) is 0 Å². The predicted octanol–water partition coefficient (Wildman–Crippen LogP) is 2.94. The van der Waals surface area contributed by atoms with Crippen LogP contribution >= 0.6 is 0 Å². The van der Waals surface area contributed by atoms with Crippen LogP contribution in [0, 0.1) is 0 Å². The van der Waals surface area contributed by atoms with Gasteiger partial charge < -0.3 is 0 Å². The molecule has 0 rings (SSSR count). The summed E-state index contributed by atoms with van der Waals surface area (Å²) in [6.45, 7) is 11.0. The van der Waals surface area contributed by atoms with Gasteiger partial charge in [0, 0.05) is 0 Å². The first-order valence-corrected chi connectivity index (χ1v) is 11.9. The predicted molar refractivity (Wildman–Crippen MR) is 67.3 cm³/mol. The molecule has 0 fully saturated rings. The molecule has 0 heterocycles. The Kier molecular flexibility index (Phi) is 9.68. The standard InChI is InChI=1S/C7H13N2.2C2H5.In/c1-3-8-6-5-7-9-4-2;2*1-2;/h5-7H,3-4H2,1-2H3;2*1H2,2H3;/q-1;;;+1/b6-5-,9-7?;;;. The first-order valence-electron chi connectivity index (χ1n) is 5.72. The van der Waals surface area contributed by atoms with Gasteiger partial charge in [0.05, 0.1) is 0 Å². The summed E-state index contributed by atoms with van der Waals surface area (Å²) in [4.78, 5) is 4.17. The number of allylic oxidation sites excluding steroid dienone is 1. The molecule has 3 heteroatoms. The quantitative estimate of drug-likeness (QED) is 0.660. The molecule has 0 N–H and O–H groups in total. The first kappa shape index (κ1) is 14.1. The number of hydrogen-bond acceptors (Lipinski definition) is 2. The van der Waals surface area contributed by atoms with Crippen LogP contribution in [0.5, 0.6) is 0 Å². The zero-order chi connectivity index (χ0) is 10.8. The van der Waals surface area contributed by atoms with Gasteiger partial charge in [0.25, 0.3) is 0 Å². The summed E-state index contributed by atoms with van der Waals surface area (Å²) in [5.41, 5.74) is 0. The molecule has 0 aromatic carbocycles. The third-order valence-corrected chi connectivity index (χ3v) is 12.0. The van der Waals surface area contributed by atoms with Crippen LogP contribution in [-0.2, 0) is 0 Å².